The highest BCUT2D eigenvalue weighted by molar-refractivity contribution is 5.18. The summed E-state index contributed by atoms with van der Waals surface area (Å²) >= 11 is 0. The van der Waals surface area contributed by atoms with E-state index in [1.165, 1.54) is 6.07 Å². The van der Waals surface area contributed by atoms with Gasteiger partial charge in [0.05, 0.1) is 6.54 Å². The molecule has 1 aromatic carbocycles. The van der Waals surface area contributed by atoms with Gasteiger partial charge in [-0.1, -0.05) is 6.07 Å². The Bertz CT molecular complexity index is 357. The summed E-state index contributed by atoms with van der Waals surface area (Å²) in [6.45, 7) is -2.19. The van der Waals surface area contributed by atoms with Gasteiger partial charge in [-0.3, -0.25) is 0 Å². The zero-order valence-electron chi connectivity index (χ0n) is 8.31. The van der Waals surface area contributed by atoms with Gasteiger partial charge in [-0.15, -0.1) is 0 Å². The summed E-state index contributed by atoms with van der Waals surface area (Å²) in [4.78, 5) is 0. The van der Waals surface area contributed by atoms with E-state index in [-0.39, 0.29) is 12.1 Å². The van der Waals surface area contributed by atoms with E-state index in [1.807, 2.05) is 0 Å². The third-order valence-electron chi connectivity index (χ3n) is 1.95. The Hall–Kier alpha value is -1.14. The molecule has 0 bridgehead atoms. The highest BCUT2D eigenvalue weighted by atomic mass is 19.3. The summed E-state index contributed by atoms with van der Waals surface area (Å²) in [5.74, 6) is -4.75. The van der Waals surface area contributed by atoms with Gasteiger partial charge in [-0.2, -0.15) is 0 Å². The maximum absolute atomic E-state index is 13.0. The molecule has 0 radical (unpaired) electrons. The average molecular weight is 237 g/mol. The summed E-state index contributed by atoms with van der Waals surface area (Å²) in [7, 11) is 0. The van der Waals surface area contributed by atoms with Crippen LogP contribution in [0.25, 0.3) is 0 Å². The minimum absolute atomic E-state index is 0.0927. The van der Waals surface area contributed by atoms with Crippen LogP contribution in [-0.4, -0.2) is 24.2 Å². The number of hydrogen-bond donors (Lipinski definition) is 2. The Morgan fingerprint density at radius 1 is 1.25 bits per heavy atom. The van der Waals surface area contributed by atoms with Crippen molar-refractivity contribution in [1.82, 2.24) is 5.32 Å². The Balaban J connectivity index is 2.49. The van der Waals surface area contributed by atoms with Gasteiger partial charge in [0.2, 0.25) is 0 Å². The van der Waals surface area contributed by atoms with E-state index in [9.17, 15) is 17.6 Å². The summed E-state index contributed by atoms with van der Waals surface area (Å²) in [6, 6.07) is 2.90. The first kappa shape index (κ1) is 12.9. The lowest BCUT2D eigenvalue weighted by Crippen LogP contribution is -2.35. The Labute approximate surface area is 89.9 Å². The van der Waals surface area contributed by atoms with Gasteiger partial charge in [0.25, 0.3) is 5.92 Å². The van der Waals surface area contributed by atoms with Crippen molar-refractivity contribution in [2.75, 3.05) is 13.2 Å². The molecule has 0 heterocycles. The first-order chi connectivity index (χ1) is 7.44. The highest BCUT2D eigenvalue weighted by Crippen LogP contribution is 2.12. The zero-order valence-corrected chi connectivity index (χ0v) is 8.31. The first-order valence-corrected chi connectivity index (χ1v) is 4.58. The lowest BCUT2D eigenvalue weighted by molar-refractivity contribution is -0.0478. The molecule has 0 fully saturated rings. The molecule has 1 aromatic rings. The molecule has 0 aliphatic carbocycles. The smallest absolute Gasteiger partial charge is 0.282 e. The summed E-state index contributed by atoms with van der Waals surface area (Å²) in [6.07, 6.45) is 0. The van der Waals surface area contributed by atoms with Gasteiger partial charge in [0, 0.05) is 18.2 Å². The number of nitrogens with one attached hydrogen (secondary N) is 1. The monoisotopic (exact) mass is 237 g/mol. The second-order valence-electron chi connectivity index (χ2n) is 3.35. The van der Waals surface area contributed by atoms with Gasteiger partial charge in [-0.05, 0) is 6.07 Å². The molecule has 16 heavy (non-hydrogen) atoms. The molecule has 2 nitrogen and oxygen atoms in total. The largest absolute Gasteiger partial charge is 0.390 e. The third kappa shape index (κ3) is 3.79. The second-order valence-corrected chi connectivity index (χ2v) is 3.35. The van der Waals surface area contributed by atoms with Crippen molar-refractivity contribution in [3.63, 3.8) is 0 Å². The molecule has 0 aliphatic rings. The quantitative estimate of drug-likeness (QED) is 0.764. The van der Waals surface area contributed by atoms with Crippen molar-refractivity contribution >= 4 is 0 Å². The maximum atomic E-state index is 13.0. The topological polar surface area (TPSA) is 32.3 Å². The summed E-state index contributed by atoms with van der Waals surface area (Å²) < 4.78 is 50.6. The van der Waals surface area contributed by atoms with Gasteiger partial charge >= 0.3 is 0 Å². The number of alkyl halides is 2. The highest BCUT2D eigenvalue weighted by Gasteiger charge is 2.26. The van der Waals surface area contributed by atoms with Gasteiger partial charge in [0.1, 0.15) is 18.2 Å². The molecule has 1 rings (SSSR count). The molecule has 2 N–H and O–H groups in total. The standard InChI is InChI=1S/C10H11F4NO/c11-8-2-1-7(9(12)3-8)4-15-5-10(13,14)6-16/h1-3,15-16H,4-6H2. The van der Waals surface area contributed by atoms with Gasteiger partial charge in [0.15, 0.2) is 0 Å². The van der Waals surface area contributed by atoms with Crippen LogP contribution in [0.3, 0.4) is 0 Å². The first-order valence-electron chi connectivity index (χ1n) is 4.58. The molecular weight excluding hydrogens is 226 g/mol. The minimum atomic E-state index is -3.24. The molecule has 0 saturated heterocycles. The molecular formula is C10H11F4NO. The lowest BCUT2D eigenvalue weighted by atomic mass is 10.2. The molecule has 0 unspecified atom stereocenters. The van der Waals surface area contributed by atoms with Crippen molar-refractivity contribution in [3.8, 4) is 0 Å². The van der Waals surface area contributed by atoms with Crippen molar-refractivity contribution < 1.29 is 22.7 Å². The normalized spacial score (nSPS) is 11.8. The van der Waals surface area contributed by atoms with E-state index in [2.05, 4.69) is 5.32 Å². The molecule has 6 heteroatoms. The maximum Gasteiger partial charge on any atom is 0.282 e. The summed E-state index contributed by atoms with van der Waals surface area (Å²) in [5.41, 5.74) is 0.0927. The minimum Gasteiger partial charge on any atom is -0.390 e. The van der Waals surface area contributed by atoms with Crippen molar-refractivity contribution in [1.29, 1.82) is 0 Å². The van der Waals surface area contributed by atoms with Crippen molar-refractivity contribution in [3.05, 3.63) is 35.4 Å². The Kier molecular flexibility index (Phi) is 4.26. The molecule has 0 spiro atoms. The van der Waals surface area contributed by atoms with E-state index in [0.717, 1.165) is 6.07 Å². The van der Waals surface area contributed by atoms with Crippen LogP contribution in [0.4, 0.5) is 17.6 Å². The molecule has 0 amide bonds. The van der Waals surface area contributed by atoms with Crippen LogP contribution in [0, 0.1) is 11.6 Å². The average Bonchev–Trinajstić information content (AvgIpc) is 2.21. The predicted molar refractivity (Wildman–Crippen MR) is 50.1 cm³/mol. The summed E-state index contributed by atoms with van der Waals surface area (Å²) in [5, 5.41) is 10.5. The van der Waals surface area contributed by atoms with E-state index < -0.39 is 30.7 Å². The number of aliphatic hydroxyl groups is 1. The van der Waals surface area contributed by atoms with E-state index >= 15 is 0 Å². The van der Waals surface area contributed by atoms with Gasteiger partial charge < -0.3 is 10.4 Å². The Morgan fingerprint density at radius 2 is 1.94 bits per heavy atom. The van der Waals surface area contributed by atoms with Gasteiger partial charge in [-0.25, -0.2) is 17.6 Å². The zero-order chi connectivity index (χ0) is 12.2. The fraction of sp³-hybridized carbons (Fsp3) is 0.400. The number of hydrogen-bond acceptors (Lipinski definition) is 2. The van der Waals surface area contributed by atoms with Crippen LogP contribution in [0.2, 0.25) is 0 Å². The van der Waals surface area contributed by atoms with Crippen LogP contribution in [0.1, 0.15) is 5.56 Å². The molecule has 0 saturated carbocycles. The molecule has 0 aliphatic heterocycles. The third-order valence-corrected chi connectivity index (χ3v) is 1.95. The van der Waals surface area contributed by atoms with Crippen molar-refractivity contribution in [2.45, 2.75) is 12.5 Å². The fourth-order valence-corrected chi connectivity index (χ4v) is 1.10. The van der Waals surface area contributed by atoms with Crippen LogP contribution in [0.15, 0.2) is 18.2 Å². The van der Waals surface area contributed by atoms with Crippen LogP contribution >= 0.6 is 0 Å². The number of benzene rings is 1. The fourth-order valence-electron chi connectivity index (χ4n) is 1.10. The van der Waals surface area contributed by atoms with E-state index in [1.54, 1.807) is 0 Å². The van der Waals surface area contributed by atoms with Crippen LogP contribution in [0.5, 0.6) is 0 Å². The lowest BCUT2D eigenvalue weighted by Gasteiger charge is -2.14. The molecule has 0 atom stereocenters. The van der Waals surface area contributed by atoms with E-state index in [4.69, 9.17) is 5.11 Å². The predicted octanol–water partition coefficient (Wildman–Crippen LogP) is 1.68. The van der Waals surface area contributed by atoms with Crippen molar-refractivity contribution in [2.24, 2.45) is 0 Å². The second kappa shape index (κ2) is 5.27. The number of aliphatic hydroxyl groups excluding tert-OH is 1. The number of rotatable bonds is 5. The molecule has 90 valence electrons. The Morgan fingerprint density at radius 3 is 2.50 bits per heavy atom. The molecule has 0 aromatic heterocycles. The van der Waals surface area contributed by atoms with E-state index in [0.29, 0.717) is 6.07 Å². The SMILES string of the molecule is OCC(F)(F)CNCc1ccc(F)cc1F. The number of halogens is 4. The van der Waals surface area contributed by atoms with Crippen LogP contribution in [-0.2, 0) is 6.54 Å². The van der Waals surface area contributed by atoms with Crippen LogP contribution < -0.4 is 5.32 Å².